The van der Waals surface area contributed by atoms with Crippen molar-refractivity contribution in [2.24, 2.45) is 0 Å². The molecule has 0 heterocycles. The monoisotopic (exact) mass is 587 g/mol. The van der Waals surface area contributed by atoms with Crippen molar-refractivity contribution in [3.05, 3.63) is 128 Å². The van der Waals surface area contributed by atoms with Crippen molar-refractivity contribution < 1.29 is 45.2 Å². The maximum atomic E-state index is 4.46. The summed E-state index contributed by atoms with van der Waals surface area (Å²) in [6.45, 7) is 4.46. The molecular weight excluding hydrogens is 564 g/mol. The van der Waals surface area contributed by atoms with Crippen LogP contribution in [0.5, 0.6) is 0 Å². The minimum atomic E-state index is -0.535. The van der Waals surface area contributed by atoms with Gasteiger partial charge in [-0.1, -0.05) is 121 Å². The molecule has 5 heteroatoms. The number of hydrogen-bond donors (Lipinski definition) is 0. The Morgan fingerprint density at radius 3 is 0.875 bits per heavy atom. The molecule has 0 N–H and O–H groups in total. The zero-order chi connectivity index (χ0) is 19.9. The van der Waals surface area contributed by atoms with Crippen molar-refractivity contribution in [3.8, 4) is 0 Å². The van der Waals surface area contributed by atoms with Gasteiger partial charge in [-0.3, -0.25) is 0 Å². The van der Waals surface area contributed by atoms with E-state index < -0.39 is 15.8 Å². The fourth-order valence-corrected chi connectivity index (χ4v) is 10.7. The number of benzene rings is 4. The Balaban J connectivity index is 0.00000171. The largest absolute Gasteiger partial charge is 2.00 e. The normalized spacial score (nSPS) is 10.2. The number of rotatable bonds is 7. The van der Waals surface area contributed by atoms with Crippen molar-refractivity contribution in [3.63, 3.8) is 0 Å². The summed E-state index contributed by atoms with van der Waals surface area (Å²) < 4.78 is 0. The Hall–Kier alpha value is -1.02. The third kappa shape index (κ3) is 6.99. The second-order valence-electron chi connectivity index (χ2n) is 6.85. The molecule has 0 aromatic heterocycles. The first kappa shape index (κ1) is 29.0. The van der Waals surface area contributed by atoms with Crippen LogP contribution < -0.4 is 46.0 Å². The summed E-state index contributed by atoms with van der Waals surface area (Å²) in [5.41, 5.74) is 0. The summed E-state index contributed by atoms with van der Waals surface area (Å²) >= 11 is 0. The first-order valence-corrected chi connectivity index (χ1v) is 12.8. The van der Waals surface area contributed by atoms with Crippen LogP contribution in [0.3, 0.4) is 0 Å². The minimum absolute atomic E-state index is 0. The van der Waals surface area contributed by atoms with Gasteiger partial charge in [0, 0.05) is 0 Å². The van der Waals surface area contributed by atoms with E-state index in [2.05, 4.69) is 128 Å². The zero-order valence-corrected chi connectivity index (χ0v) is 22.4. The molecule has 0 nitrogen and oxygen atoms in total. The predicted octanol–water partition coefficient (Wildman–Crippen LogP) is -0.192. The van der Waals surface area contributed by atoms with Crippen molar-refractivity contribution in [2.75, 3.05) is 0 Å². The van der Waals surface area contributed by atoms with Crippen LogP contribution in [0.15, 0.2) is 121 Å². The molecule has 4 aromatic rings. The Morgan fingerprint density at radius 1 is 0.469 bits per heavy atom. The molecule has 0 aliphatic carbocycles. The second-order valence-corrected chi connectivity index (χ2v) is 12.1. The Kier molecular flexibility index (Phi) is 13.6. The van der Waals surface area contributed by atoms with Gasteiger partial charge in [-0.15, -0.1) is 0 Å². The van der Waals surface area contributed by atoms with Gasteiger partial charge in [0.2, 0.25) is 0 Å². The van der Waals surface area contributed by atoms with E-state index in [1.54, 1.807) is 0 Å². The van der Waals surface area contributed by atoms with Crippen LogP contribution in [0.4, 0.5) is 0 Å². The van der Waals surface area contributed by atoms with E-state index in [1.807, 2.05) is 0 Å². The fraction of sp³-hybridized carbons (Fsp3) is 0.0741. The predicted molar refractivity (Wildman–Crippen MR) is 132 cm³/mol. The van der Waals surface area contributed by atoms with E-state index in [0.717, 1.165) is 6.42 Å². The first-order valence-electron chi connectivity index (χ1n) is 9.96. The molecule has 0 spiro atoms. The molecule has 0 aliphatic rings. The van der Waals surface area contributed by atoms with E-state index in [0.29, 0.717) is 5.40 Å². The molecule has 0 saturated heterocycles. The summed E-state index contributed by atoms with van der Waals surface area (Å²) in [6.07, 6.45) is 0.908. The van der Waals surface area contributed by atoms with Crippen LogP contribution >= 0.6 is 15.8 Å². The maximum absolute atomic E-state index is 4.46. The minimum Gasteiger partial charge on any atom is -1.00 e. The molecule has 168 valence electrons. The molecule has 0 unspecified atom stereocenters. The summed E-state index contributed by atoms with van der Waals surface area (Å²) in [6, 6.07) is 44.2. The average Bonchev–Trinajstić information content (AvgIpc) is 2.81. The SMILES string of the molecule is [CH2-]CC(P(c1ccccc1)c1ccccc1)P(c1ccccc1)c1ccccc1.[Cl-].[Cl-].[Pd+2]. The molecule has 0 fully saturated rings. The van der Waals surface area contributed by atoms with E-state index >= 15 is 0 Å². The van der Waals surface area contributed by atoms with E-state index in [-0.39, 0.29) is 45.2 Å². The van der Waals surface area contributed by atoms with Gasteiger partial charge >= 0.3 is 20.4 Å². The number of halogens is 2. The molecule has 0 radical (unpaired) electrons. The van der Waals surface area contributed by atoms with Crippen molar-refractivity contribution in [1.82, 2.24) is 0 Å². The molecule has 0 amide bonds. The summed E-state index contributed by atoms with van der Waals surface area (Å²) in [7, 11) is -1.07. The van der Waals surface area contributed by atoms with Crippen molar-refractivity contribution in [1.29, 1.82) is 0 Å². The average molecular weight is 589 g/mol. The van der Waals surface area contributed by atoms with E-state index in [1.165, 1.54) is 21.2 Å². The van der Waals surface area contributed by atoms with Gasteiger partial charge in [0.25, 0.3) is 0 Å². The zero-order valence-electron chi connectivity index (χ0n) is 17.5. The third-order valence-electron chi connectivity index (χ3n) is 4.99. The Morgan fingerprint density at radius 2 is 0.688 bits per heavy atom. The molecule has 0 atom stereocenters. The molecule has 4 rings (SSSR count). The van der Waals surface area contributed by atoms with Gasteiger partial charge in [-0.05, 0) is 42.5 Å². The Labute approximate surface area is 221 Å². The van der Waals surface area contributed by atoms with Crippen molar-refractivity contribution >= 4 is 37.1 Å². The molecule has 0 aliphatic heterocycles. The van der Waals surface area contributed by atoms with Gasteiger partial charge in [-0.25, -0.2) is 0 Å². The van der Waals surface area contributed by atoms with Crippen LogP contribution in [0.2, 0.25) is 0 Å². The quantitative estimate of drug-likeness (QED) is 0.160. The van der Waals surface area contributed by atoms with E-state index in [9.17, 15) is 0 Å². The summed E-state index contributed by atoms with van der Waals surface area (Å²) in [4.78, 5) is 0. The second kappa shape index (κ2) is 15.0. The molecule has 0 saturated carbocycles. The fourth-order valence-electron chi connectivity index (χ4n) is 3.71. The van der Waals surface area contributed by atoms with Crippen LogP contribution in [0.25, 0.3) is 0 Å². The van der Waals surface area contributed by atoms with E-state index in [4.69, 9.17) is 0 Å². The summed E-state index contributed by atoms with van der Waals surface area (Å²) in [5, 5.41) is 6.20. The van der Waals surface area contributed by atoms with Crippen LogP contribution in [0, 0.1) is 6.92 Å². The smallest absolute Gasteiger partial charge is 1.00 e. The van der Waals surface area contributed by atoms with Crippen LogP contribution in [-0.2, 0) is 20.4 Å². The van der Waals surface area contributed by atoms with Gasteiger partial charge in [-0.2, -0.15) is 6.42 Å². The molecule has 32 heavy (non-hydrogen) atoms. The van der Waals surface area contributed by atoms with Gasteiger partial charge < -0.3 is 31.7 Å². The van der Waals surface area contributed by atoms with Crippen molar-refractivity contribution in [2.45, 2.75) is 11.8 Å². The van der Waals surface area contributed by atoms with Gasteiger partial charge in [0.1, 0.15) is 0 Å². The van der Waals surface area contributed by atoms with Crippen LogP contribution in [0.1, 0.15) is 6.42 Å². The maximum Gasteiger partial charge on any atom is 2.00 e. The molecular formula is C27H25Cl2P2Pd-. The first-order chi connectivity index (χ1) is 14.4. The topological polar surface area (TPSA) is 0 Å². The van der Waals surface area contributed by atoms with Gasteiger partial charge in [0.05, 0.1) is 0 Å². The molecule has 4 aromatic carbocycles. The third-order valence-corrected chi connectivity index (χ3v) is 11.5. The standard InChI is InChI=1S/C27H25P2.2ClH.Pd/c1-2-27(28(23-15-7-3-8-16-23)24-17-9-4-10-18-24)29(25-19-11-5-12-20-25)26-21-13-6-14-22-26;;;/h3-22,27H,1-2H2;2*1H;/q-1;;;+2/p-2. The number of hydrogen-bond acceptors (Lipinski definition) is 0. The van der Waals surface area contributed by atoms with Crippen LogP contribution in [-0.4, -0.2) is 5.40 Å². The Bertz CT molecular complexity index is 841. The molecule has 0 bridgehead atoms. The van der Waals surface area contributed by atoms with Gasteiger partial charge in [0.15, 0.2) is 0 Å². The summed E-state index contributed by atoms with van der Waals surface area (Å²) in [5.74, 6) is 0.